The zero-order valence-corrected chi connectivity index (χ0v) is 22.2. The largest absolute Gasteiger partial charge is 0.478 e. The van der Waals surface area contributed by atoms with Crippen LogP contribution in [0, 0.1) is 17.5 Å². The fourth-order valence-electron chi connectivity index (χ4n) is 4.53. The van der Waals surface area contributed by atoms with E-state index >= 15 is 4.39 Å². The normalized spacial score (nSPS) is 17.9. The van der Waals surface area contributed by atoms with Crippen LogP contribution in [-0.2, 0) is 33.5 Å². The predicted octanol–water partition coefficient (Wildman–Crippen LogP) is 7.47. The molecular formula is C30H32F6O4. The molecule has 1 fully saturated rings. The van der Waals surface area contributed by atoms with Crippen LogP contribution in [0.4, 0.5) is 26.3 Å². The molecule has 10 heteroatoms. The van der Waals surface area contributed by atoms with Crippen molar-refractivity contribution < 1.29 is 45.3 Å². The minimum Gasteiger partial charge on any atom is -0.478 e. The topological polar surface area (TPSA) is 36.9 Å². The lowest BCUT2D eigenvalue weighted by Crippen LogP contribution is -2.37. The van der Waals surface area contributed by atoms with E-state index in [1.165, 1.54) is 0 Å². The molecule has 0 atom stereocenters. The van der Waals surface area contributed by atoms with E-state index in [-0.39, 0.29) is 30.8 Å². The molecule has 1 aliphatic heterocycles. The quantitative estimate of drug-likeness (QED) is 0.167. The Labute approximate surface area is 229 Å². The van der Waals surface area contributed by atoms with Gasteiger partial charge in [0.15, 0.2) is 30.3 Å². The summed E-state index contributed by atoms with van der Waals surface area (Å²) in [6.07, 6.45) is -1.45. The van der Waals surface area contributed by atoms with Gasteiger partial charge in [-0.25, -0.2) is 13.2 Å². The predicted molar refractivity (Wildman–Crippen MR) is 138 cm³/mol. The number of hydrogen-bond acceptors (Lipinski definition) is 4. The Morgan fingerprint density at radius 2 is 1.60 bits per heavy atom. The van der Waals surface area contributed by atoms with Crippen LogP contribution in [0.2, 0.25) is 0 Å². The third-order valence-corrected chi connectivity index (χ3v) is 6.68. The molecule has 218 valence electrons. The van der Waals surface area contributed by atoms with Crippen molar-refractivity contribution in [2.24, 2.45) is 0 Å². The maximum absolute atomic E-state index is 15.2. The highest BCUT2D eigenvalue weighted by Gasteiger charge is 2.30. The Hall–Kier alpha value is -2.82. The first-order valence-corrected chi connectivity index (χ1v) is 13.3. The van der Waals surface area contributed by atoms with Gasteiger partial charge in [-0.1, -0.05) is 43.7 Å². The van der Waals surface area contributed by atoms with Crippen LogP contribution in [0.3, 0.4) is 0 Å². The molecule has 0 spiro atoms. The number of ether oxygens (including phenoxy) is 4. The number of hydrogen-bond donors (Lipinski definition) is 0. The zero-order chi connectivity index (χ0) is 28.7. The van der Waals surface area contributed by atoms with Gasteiger partial charge in [0.05, 0.1) is 13.2 Å². The molecule has 3 aromatic rings. The third-order valence-electron chi connectivity index (χ3n) is 6.68. The number of benzene rings is 3. The molecule has 0 aliphatic carbocycles. The van der Waals surface area contributed by atoms with Gasteiger partial charge < -0.3 is 18.9 Å². The third kappa shape index (κ3) is 8.34. The lowest BCUT2D eigenvalue weighted by Gasteiger charge is -2.29. The molecule has 40 heavy (non-hydrogen) atoms. The molecule has 4 rings (SSSR count). The zero-order valence-electron chi connectivity index (χ0n) is 22.2. The minimum atomic E-state index is -4.72. The minimum absolute atomic E-state index is 0.0460. The van der Waals surface area contributed by atoms with E-state index in [1.54, 1.807) is 18.2 Å². The van der Waals surface area contributed by atoms with Gasteiger partial charge in [-0.05, 0) is 59.9 Å². The summed E-state index contributed by atoms with van der Waals surface area (Å²) in [7, 11) is 0. The molecule has 0 saturated carbocycles. The number of unbranched alkanes of at least 4 members (excludes halogenated alkanes) is 1. The van der Waals surface area contributed by atoms with Crippen LogP contribution >= 0.6 is 0 Å². The molecular weight excluding hydrogens is 538 g/mol. The van der Waals surface area contributed by atoms with Gasteiger partial charge in [0.25, 0.3) is 0 Å². The molecule has 3 aromatic carbocycles. The summed E-state index contributed by atoms with van der Waals surface area (Å²) in [5.74, 6) is -4.00. The van der Waals surface area contributed by atoms with Gasteiger partial charge >= 0.3 is 6.18 Å². The first kappa shape index (κ1) is 30.1. The van der Waals surface area contributed by atoms with E-state index in [1.807, 2.05) is 12.1 Å². The molecule has 0 bridgehead atoms. The Kier molecular flexibility index (Phi) is 10.3. The number of alkyl halides is 3. The Balaban J connectivity index is 1.32. The van der Waals surface area contributed by atoms with Crippen molar-refractivity contribution in [2.45, 2.75) is 64.0 Å². The van der Waals surface area contributed by atoms with E-state index < -0.39 is 36.0 Å². The molecule has 1 heterocycles. The van der Waals surface area contributed by atoms with Crippen LogP contribution in [0.1, 0.15) is 42.9 Å². The molecule has 4 nitrogen and oxygen atoms in total. The van der Waals surface area contributed by atoms with Gasteiger partial charge in [0.1, 0.15) is 11.9 Å². The van der Waals surface area contributed by atoms with Crippen molar-refractivity contribution in [3.63, 3.8) is 0 Å². The first-order valence-electron chi connectivity index (χ1n) is 13.3. The molecule has 0 N–H and O–H groups in total. The lowest BCUT2D eigenvalue weighted by molar-refractivity contribution is -0.227. The fraction of sp³-hybridized carbons (Fsp3) is 0.467. The second-order valence-corrected chi connectivity index (χ2v) is 9.87. The Bertz CT molecular complexity index is 1250. The van der Waals surface area contributed by atoms with Crippen molar-refractivity contribution in [2.75, 3.05) is 26.4 Å². The van der Waals surface area contributed by atoms with Gasteiger partial charge in [0.2, 0.25) is 0 Å². The summed E-state index contributed by atoms with van der Waals surface area (Å²) < 4.78 is 102. The van der Waals surface area contributed by atoms with Crippen LogP contribution in [0.15, 0.2) is 42.5 Å². The van der Waals surface area contributed by atoms with Gasteiger partial charge in [-0.3, -0.25) is 0 Å². The molecule has 0 radical (unpaired) electrons. The first-order chi connectivity index (χ1) is 19.1. The van der Waals surface area contributed by atoms with Crippen molar-refractivity contribution in [3.8, 4) is 5.75 Å². The maximum Gasteiger partial charge on any atom is 0.422 e. The number of fused-ring (bicyclic) bond motifs is 1. The second-order valence-electron chi connectivity index (χ2n) is 9.87. The van der Waals surface area contributed by atoms with E-state index in [0.717, 1.165) is 35.9 Å². The van der Waals surface area contributed by atoms with Crippen LogP contribution in [0.5, 0.6) is 5.75 Å². The summed E-state index contributed by atoms with van der Waals surface area (Å²) in [5, 5.41) is 1.14. The number of halogens is 6. The van der Waals surface area contributed by atoms with E-state index in [4.69, 9.17) is 14.2 Å². The average Bonchev–Trinajstić information content (AvgIpc) is 2.91. The van der Waals surface area contributed by atoms with Gasteiger partial charge in [0, 0.05) is 18.4 Å². The monoisotopic (exact) mass is 570 g/mol. The van der Waals surface area contributed by atoms with Crippen LogP contribution < -0.4 is 4.74 Å². The summed E-state index contributed by atoms with van der Waals surface area (Å²) in [6, 6.07) is 10.7. The highest BCUT2D eigenvalue weighted by atomic mass is 19.4. The summed E-state index contributed by atoms with van der Waals surface area (Å²) in [6.45, 7) is 1.99. The molecule has 1 aliphatic rings. The van der Waals surface area contributed by atoms with Crippen molar-refractivity contribution in [1.82, 2.24) is 0 Å². The van der Waals surface area contributed by atoms with E-state index in [9.17, 15) is 22.0 Å². The Morgan fingerprint density at radius 3 is 2.27 bits per heavy atom. The van der Waals surface area contributed by atoms with Crippen LogP contribution in [0.25, 0.3) is 10.8 Å². The van der Waals surface area contributed by atoms with Crippen molar-refractivity contribution in [1.29, 1.82) is 0 Å². The summed E-state index contributed by atoms with van der Waals surface area (Å²) >= 11 is 0. The number of aryl methyl sites for hydroxylation is 3. The van der Waals surface area contributed by atoms with Crippen molar-refractivity contribution in [3.05, 3.63) is 76.6 Å². The van der Waals surface area contributed by atoms with Crippen molar-refractivity contribution >= 4 is 10.8 Å². The SMILES string of the molecule is CCCCOC1COC(CCc2ccc3c(F)c(CCc4cc(F)c(OCC(F)(F)F)c(F)c4)ccc3c2)OC1. The highest BCUT2D eigenvalue weighted by Crippen LogP contribution is 2.28. The average molecular weight is 571 g/mol. The standard InChI is InChI=1S/C30H32F6O4/c1-2-3-12-37-23-16-38-27(39-17-23)11-6-19-5-10-24-22(13-19)9-8-21(28(24)33)7-4-20-14-25(31)29(26(32)15-20)40-18-30(34,35)36/h5,8-10,13-15,23,27H,2-4,6-7,11-12,16-18H2,1H3. The smallest absolute Gasteiger partial charge is 0.422 e. The highest BCUT2D eigenvalue weighted by molar-refractivity contribution is 5.84. The van der Waals surface area contributed by atoms with Gasteiger partial charge in [-0.2, -0.15) is 13.2 Å². The molecule has 0 unspecified atom stereocenters. The van der Waals surface area contributed by atoms with E-state index in [0.29, 0.717) is 43.6 Å². The van der Waals surface area contributed by atoms with Crippen LogP contribution in [-0.4, -0.2) is 45.0 Å². The number of rotatable bonds is 12. The second kappa shape index (κ2) is 13.7. The maximum atomic E-state index is 15.2. The summed E-state index contributed by atoms with van der Waals surface area (Å²) in [5.41, 5.74) is 1.54. The fourth-order valence-corrected chi connectivity index (χ4v) is 4.53. The molecule has 0 aromatic heterocycles. The lowest BCUT2D eigenvalue weighted by atomic mass is 9.98. The van der Waals surface area contributed by atoms with E-state index in [2.05, 4.69) is 11.7 Å². The molecule has 0 amide bonds. The summed E-state index contributed by atoms with van der Waals surface area (Å²) in [4.78, 5) is 0. The Morgan fingerprint density at radius 1 is 0.875 bits per heavy atom. The molecule has 1 saturated heterocycles. The van der Waals surface area contributed by atoms with Gasteiger partial charge in [-0.15, -0.1) is 0 Å².